The number of hydrogen-bond acceptors (Lipinski definition) is 5. The van der Waals surface area contributed by atoms with E-state index in [2.05, 4.69) is 4.72 Å². The summed E-state index contributed by atoms with van der Waals surface area (Å²) >= 11 is 0. The van der Waals surface area contributed by atoms with Crippen LogP contribution in [0.25, 0.3) is 0 Å². The lowest BCUT2D eigenvalue weighted by Gasteiger charge is -2.19. The molecule has 1 aliphatic rings. The van der Waals surface area contributed by atoms with E-state index in [-0.39, 0.29) is 17.2 Å². The maximum atomic E-state index is 12.6. The summed E-state index contributed by atoms with van der Waals surface area (Å²) in [7, 11) is -0.372. The Morgan fingerprint density at radius 3 is 2.35 bits per heavy atom. The fourth-order valence-corrected chi connectivity index (χ4v) is 3.50. The number of carbonyl (C=O) groups is 1. The van der Waals surface area contributed by atoms with Crippen LogP contribution in [-0.2, 0) is 21.2 Å². The van der Waals surface area contributed by atoms with Gasteiger partial charge in [0, 0.05) is 25.8 Å². The summed E-state index contributed by atoms with van der Waals surface area (Å²) in [4.78, 5) is 13.3. The number of anilines is 1. The molecule has 0 unspecified atom stereocenters. The van der Waals surface area contributed by atoms with Gasteiger partial charge in [-0.25, -0.2) is 8.42 Å². The summed E-state index contributed by atoms with van der Waals surface area (Å²) in [5, 5.41) is 0. The van der Waals surface area contributed by atoms with Gasteiger partial charge in [-0.1, -0.05) is 12.1 Å². The highest BCUT2D eigenvalue weighted by Gasteiger charge is 2.19. The number of hydrogen-bond donors (Lipinski definition) is 1. The Bertz CT molecular complexity index is 908. The Morgan fingerprint density at radius 2 is 1.69 bits per heavy atom. The maximum absolute atomic E-state index is 12.6. The molecule has 138 valence electrons. The van der Waals surface area contributed by atoms with E-state index in [1.54, 1.807) is 44.4 Å². The van der Waals surface area contributed by atoms with Crippen molar-refractivity contribution in [3.05, 3.63) is 48.0 Å². The molecular formula is C18H20N2O5S. The predicted molar refractivity (Wildman–Crippen MR) is 97.1 cm³/mol. The number of amides is 1. The lowest BCUT2D eigenvalue weighted by Crippen LogP contribution is -2.23. The van der Waals surface area contributed by atoms with Gasteiger partial charge in [-0.2, -0.15) is 0 Å². The van der Waals surface area contributed by atoms with Crippen LogP contribution in [0, 0.1) is 0 Å². The zero-order valence-electron chi connectivity index (χ0n) is 14.6. The normalized spacial score (nSPS) is 13.2. The van der Waals surface area contributed by atoms with Gasteiger partial charge in [-0.15, -0.1) is 0 Å². The summed E-state index contributed by atoms with van der Waals surface area (Å²) in [6.45, 7) is 0.830. The van der Waals surface area contributed by atoms with Crippen LogP contribution in [0.5, 0.6) is 11.5 Å². The molecule has 8 heteroatoms. The summed E-state index contributed by atoms with van der Waals surface area (Å²) in [6, 6.07) is 11.2. The van der Waals surface area contributed by atoms with E-state index >= 15 is 0 Å². The number of rotatable bonds is 5. The minimum absolute atomic E-state index is 0.0189. The highest BCUT2D eigenvalue weighted by atomic mass is 32.2. The van der Waals surface area contributed by atoms with Crippen molar-refractivity contribution >= 4 is 21.6 Å². The van der Waals surface area contributed by atoms with Gasteiger partial charge in [0.1, 0.15) is 13.2 Å². The topological polar surface area (TPSA) is 84.9 Å². The van der Waals surface area contributed by atoms with Crippen LogP contribution in [-0.4, -0.2) is 46.5 Å². The van der Waals surface area contributed by atoms with Gasteiger partial charge in [0.05, 0.1) is 11.3 Å². The zero-order valence-corrected chi connectivity index (χ0v) is 15.4. The molecule has 1 N–H and O–H groups in total. The van der Waals surface area contributed by atoms with Crippen LogP contribution in [0.2, 0.25) is 0 Å². The number of sulfonamides is 1. The molecule has 0 fully saturated rings. The average Bonchev–Trinajstić information content (AvgIpc) is 2.62. The Morgan fingerprint density at radius 1 is 1.04 bits per heavy atom. The molecular weight excluding hydrogens is 356 g/mol. The highest BCUT2D eigenvalue weighted by Crippen LogP contribution is 2.32. The lowest BCUT2D eigenvalue weighted by atomic mass is 10.1. The minimum atomic E-state index is -3.76. The van der Waals surface area contributed by atoms with Crippen molar-refractivity contribution in [3.63, 3.8) is 0 Å². The molecule has 3 rings (SSSR count). The molecule has 0 bridgehead atoms. The van der Waals surface area contributed by atoms with Gasteiger partial charge in [0.2, 0.25) is 5.91 Å². The number of likely N-dealkylation sites (N-methyl/N-ethyl adjacent to an activating group) is 1. The fourth-order valence-electron chi connectivity index (χ4n) is 2.43. The van der Waals surface area contributed by atoms with Crippen molar-refractivity contribution in [1.29, 1.82) is 0 Å². The van der Waals surface area contributed by atoms with Crippen molar-refractivity contribution in [2.24, 2.45) is 0 Å². The Labute approximate surface area is 152 Å². The Balaban J connectivity index is 1.74. The van der Waals surface area contributed by atoms with Crippen LogP contribution in [0.15, 0.2) is 47.4 Å². The number of ether oxygens (including phenoxy) is 2. The van der Waals surface area contributed by atoms with Crippen LogP contribution < -0.4 is 14.2 Å². The first-order chi connectivity index (χ1) is 12.3. The molecule has 2 aromatic rings. The molecule has 1 amide bonds. The summed E-state index contributed by atoms with van der Waals surface area (Å²) < 4.78 is 38.5. The predicted octanol–water partition coefficient (Wildman–Crippen LogP) is 1.89. The van der Waals surface area contributed by atoms with Crippen LogP contribution in [0.3, 0.4) is 0 Å². The molecule has 0 spiro atoms. The average molecular weight is 376 g/mol. The number of carbonyl (C=O) groups excluding carboxylic acids is 1. The fraction of sp³-hybridized carbons (Fsp3) is 0.278. The second kappa shape index (κ2) is 7.25. The van der Waals surface area contributed by atoms with E-state index in [0.717, 1.165) is 5.56 Å². The quantitative estimate of drug-likeness (QED) is 0.861. The maximum Gasteiger partial charge on any atom is 0.262 e. The first-order valence-electron chi connectivity index (χ1n) is 8.07. The summed E-state index contributed by atoms with van der Waals surface area (Å²) in [6.07, 6.45) is 0.266. The second-order valence-electron chi connectivity index (χ2n) is 6.07. The van der Waals surface area contributed by atoms with E-state index in [0.29, 0.717) is 30.4 Å². The van der Waals surface area contributed by atoms with Gasteiger partial charge < -0.3 is 14.4 Å². The van der Waals surface area contributed by atoms with E-state index in [4.69, 9.17) is 9.47 Å². The molecule has 1 aliphatic heterocycles. The number of nitrogens with zero attached hydrogens (tertiary/aromatic N) is 1. The number of nitrogens with one attached hydrogen (secondary N) is 1. The summed E-state index contributed by atoms with van der Waals surface area (Å²) in [5.41, 5.74) is 1.23. The highest BCUT2D eigenvalue weighted by molar-refractivity contribution is 7.92. The van der Waals surface area contributed by atoms with E-state index < -0.39 is 10.0 Å². The van der Waals surface area contributed by atoms with Crippen LogP contribution >= 0.6 is 0 Å². The third-order valence-corrected chi connectivity index (χ3v) is 5.26. The van der Waals surface area contributed by atoms with Gasteiger partial charge in [0.25, 0.3) is 10.0 Å². The van der Waals surface area contributed by atoms with Gasteiger partial charge >= 0.3 is 0 Å². The lowest BCUT2D eigenvalue weighted by molar-refractivity contribution is -0.127. The molecule has 0 saturated heterocycles. The van der Waals surface area contributed by atoms with Crippen molar-refractivity contribution in [3.8, 4) is 11.5 Å². The molecule has 0 radical (unpaired) electrons. The minimum Gasteiger partial charge on any atom is -0.486 e. The smallest absolute Gasteiger partial charge is 0.262 e. The number of fused-ring (bicyclic) bond motifs is 1. The molecule has 26 heavy (non-hydrogen) atoms. The van der Waals surface area contributed by atoms with Gasteiger partial charge in [-0.3, -0.25) is 9.52 Å². The Hall–Kier alpha value is -2.74. The Kier molecular flexibility index (Phi) is 5.03. The largest absolute Gasteiger partial charge is 0.486 e. The van der Waals surface area contributed by atoms with Gasteiger partial charge in [0.15, 0.2) is 11.5 Å². The van der Waals surface area contributed by atoms with Crippen molar-refractivity contribution in [1.82, 2.24) is 4.90 Å². The molecule has 1 heterocycles. The monoisotopic (exact) mass is 376 g/mol. The third kappa shape index (κ3) is 4.08. The van der Waals surface area contributed by atoms with E-state index in [9.17, 15) is 13.2 Å². The number of benzene rings is 2. The van der Waals surface area contributed by atoms with E-state index in [1.165, 1.54) is 17.0 Å². The molecule has 0 aromatic heterocycles. The molecule has 2 aromatic carbocycles. The van der Waals surface area contributed by atoms with E-state index in [1.807, 2.05) is 0 Å². The standard InChI is InChI=1S/C18H20N2O5S/c1-20(2)18(21)11-13-3-5-14(6-4-13)19-26(22,23)15-7-8-16-17(12-15)25-10-9-24-16/h3-8,12,19H,9-11H2,1-2H3. The van der Waals surface area contributed by atoms with Crippen LogP contribution in [0.4, 0.5) is 5.69 Å². The van der Waals surface area contributed by atoms with Crippen molar-refractivity contribution < 1.29 is 22.7 Å². The first kappa shape index (κ1) is 18.1. The third-order valence-electron chi connectivity index (χ3n) is 3.88. The summed E-state index contributed by atoms with van der Waals surface area (Å²) in [5.74, 6) is 0.927. The molecule has 0 saturated carbocycles. The van der Waals surface area contributed by atoms with Crippen LogP contribution in [0.1, 0.15) is 5.56 Å². The zero-order chi connectivity index (χ0) is 18.7. The second-order valence-corrected chi connectivity index (χ2v) is 7.76. The van der Waals surface area contributed by atoms with Crippen molar-refractivity contribution in [2.75, 3.05) is 32.0 Å². The molecule has 0 atom stereocenters. The first-order valence-corrected chi connectivity index (χ1v) is 9.55. The molecule has 7 nitrogen and oxygen atoms in total. The SMILES string of the molecule is CN(C)C(=O)Cc1ccc(NS(=O)(=O)c2ccc3c(c2)OCCO3)cc1. The molecule has 0 aliphatic carbocycles. The van der Waals surface area contributed by atoms with Crippen molar-refractivity contribution in [2.45, 2.75) is 11.3 Å². The van der Waals surface area contributed by atoms with Gasteiger partial charge in [-0.05, 0) is 29.8 Å².